The van der Waals surface area contributed by atoms with E-state index in [2.05, 4.69) is 49.8 Å². The summed E-state index contributed by atoms with van der Waals surface area (Å²) in [6, 6.07) is 8.30. The molecule has 8 heteroatoms. The molecule has 0 heterocycles. The SMILES string of the molecule is CCS(=O)(=O)CCNC(=NC)NCC1(c2ccccc2Br)CC1.I. The minimum Gasteiger partial charge on any atom is -0.356 e. The third kappa shape index (κ3) is 5.87. The van der Waals surface area contributed by atoms with Crippen LogP contribution in [0.3, 0.4) is 0 Å². The van der Waals surface area contributed by atoms with E-state index in [-0.39, 0.29) is 40.9 Å². The summed E-state index contributed by atoms with van der Waals surface area (Å²) in [5.41, 5.74) is 1.46. The highest BCUT2D eigenvalue weighted by Gasteiger charge is 2.45. The number of sulfone groups is 1. The molecule has 0 aliphatic heterocycles. The fourth-order valence-electron chi connectivity index (χ4n) is 2.53. The summed E-state index contributed by atoms with van der Waals surface area (Å²) < 4.78 is 24.2. The van der Waals surface area contributed by atoms with Crippen molar-refractivity contribution in [1.82, 2.24) is 10.6 Å². The quantitative estimate of drug-likeness (QED) is 0.324. The number of nitrogens with one attached hydrogen (secondary N) is 2. The van der Waals surface area contributed by atoms with Crippen molar-refractivity contribution in [2.75, 3.05) is 31.6 Å². The summed E-state index contributed by atoms with van der Waals surface area (Å²) in [6.45, 7) is 2.82. The molecule has 0 atom stereocenters. The Labute approximate surface area is 170 Å². The van der Waals surface area contributed by atoms with Gasteiger partial charge in [-0.1, -0.05) is 41.1 Å². The molecule has 1 aliphatic rings. The van der Waals surface area contributed by atoms with Gasteiger partial charge >= 0.3 is 0 Å². The van der Waals surface area contributed by atoms with Crippen LogP contribution < -0.4 is 10.6 Å². The molecule has 0 radical (unpaired) electrons. The molecule has 136 valence electrons. The van der Waals surface area contributed by atoms with E-state index in [0.29, 0.717) is 12.5 Å². The highest BCUT2D eigenvalue weighted by molar-refractivity contribution is 14.0. The lowest BCUT2D eigenvalue weighted by Crippen LogP contribution is -2.42. The van der Waals surface area contributed by atoms with E-state index in [1.807, 2.05) is 6.07 Å². The first-order chi connectivity index (χ1) is 10.9. The van der Waals surface area contributed by atoms with Crippen LogP contribution in [-0.4, -0.2) is 46.0 Å². The molecule has 5 nitrogen and oxygen atoms in total. The van der Waals surface area contributed by atoms with Gasteiger partial charge in [-0.25, -0.2) is 8.42 Å². The Morgan fingerprint density at radius 3 is 2.50 bits per heavy atom. The van der Waals surface area contributed by atoms with Crippen LogP contribution in [0, 0.1) is 0 Å². The second-order valence-electron chi connectivity index (χ2n) is 5.85. The van der Waals surface area contributed by atoms with Gasteiger partial charge in [0.2, 0.25) is 0 Å². The van der Waals surface area contributed by atoms with Crippen molar-refractivity contribution >= 4 is 55.7 Å². The van der Waals surface area contributed by atoms with Crippen LogP contribution in [0.2, 0.25) is 0 Å². The monoisotopic (exact) mass is 529 g/mol. The summed E-state index contributed by atoms with van der Waals surface area (Å²) in [5.74, 6) is 0.945. The Bertz CT molecular complexity index is 676. The van der Waals surface area contributed by atoms with Gasteiger partial charge in [0.15, 0.2) is 15.8 Å². The van der Waals surface area contributed by atoms with Gasteiger partial charge in [0.1, 0.15) is 0 Å². The fourth-order valence-corrected chi connectivity index (χ4v) is 3.93. The van der Waals surface area contributed by atoms with Crippen molar-refractivity contribution in [3.05, 3.63) is 34.3 Å². The van der Waals surface area contributed by atoms with Gasteiger partial charge in [-0.2, -0.15) is 0 Å². The minimum absolute atomic E-state index is 0. The molecule has 1 saturated carbocycles. The highest BCUT2D eigenvalue weighted by atomic mass is 127. The summed E-state index contributed by atoms with van der Waals surface area (Å²) in [7, 11) is -1.26. The maximum Gasteiger partial charge on any atom is 0.191 e. The molecule has 0 saturated heterocycles. The lowest BCUT2D eigenvalue weighted by Gasteiger charge is -2.20. The largest absolute Gasteiger partial charge is 0.356 e. The molecular weight excluding hydrogens is 505 g/mol. The smallest absolute Gasteiger partial charge is 0.191 e. The first-order valence-corrected chi connectivity index (χ1v) is 10.4. The molecule has 0 aromatic heterocycles. The second kappa shape index (κ2) is 9.38. The van der Waals surface area contributed by atoms with Gasteiger partial charge in [0.25, 0.3) is 0 Å². The molecule has 0 spiro atoms. The molecule has 0 unspecified atom stereocenters. The molecule has 1 aliphatic carbocycles. The fraction of sp³-hybridized carbons (Fsp3) is 0.562. The summed E-state index contributed by atoms with van der Waals surface area (Å²) in [5, 5.41) is 6.40. The van der Waals surface area contributed by atoms with Crippen molar-refractivity contribution in [3.63, 3.8) is 0 Å². The number of guanidine groups is 1. The van der Waals surface area contributed by atoms with E-state index in [9.17, 15) is 8.42 Å². The topological polar surface area (TPSA) is 70.6 Å². The van der Waals surface area contributed by atoms with Crippen LogP contribution >= 0.6 is 39.9 Å². The molecule has 0 bridgehead atoms. The summed E-state index contributed by atoms with van der Waals surface area (Å²) in [4.78, 5) is 4.17. The lowest BCUT2D eigenvalue weighted by molar-refractivity contribution is 0.595. The highest BCUT2D eigenvalue weighted by Crippen LogP contribution is 2.49. The lowest BCUT2D eigenvalue weighted by atomic mass is 9.96. The van der Waals surface area contributed by atoms with Crippen molar-refractivity contribution in [2.45, 2.75) is 25.2 Å². The number of benzene rings is 1. The Balaban J connectivity index is 0.00000288. The van der Waals surface area contributed by atoms with E-state index in [0.717, 1.165) is 23.9 Å². The Hall–Kier alpha value is -0.350. The third-order valence-electron chi connectivity index (χ3n) is 4.26. The van der Waals surface area contributed by atoms with E-state index >= 15 is 0 Å². The van der Waals surface area contributed by atoms with Crippen LogP contribution in [0.25, 0.3) is 0 Å². The van der Waals surface area contributed by atoms with Gasteiger partial charge in [-0.15, -0.1) is 24.0 Å². The normalized spacial score (nSPS) is 16.2. The average Bonchev–Trinajstić information content (AvgIpc) is 3.32. The predicted octanol–water partition coefficient (Wildman–Crippen LogP) is 2.70. The summed E-state index contributed by atoms with van der Waals surface area (Å²) in [6.07, 6.45) is 2.29. The van der Waals surface area contributed by atoms with Gasteiger partial charge < -0.3 is 10.6 Å². The van der Waals surface area contributed by atoms with Crippen LogP contribution in [0.4, 0.5) is 0 Å². The Morgan fingerprint density at radius 2 is 1.96 bits per heavy atom. The van der Waals surface area contributed by atoms with Crippen molar-refractivity contribution in [2.24, 2.45) is 4.99 Å². The van der Waals surface area contributed by atoms with Gasteiger partial charge in [-0.05, 0) is 24.5 Å². The first-order valence-electron chi connectivity index (χ1n) is 7.82. The number of aliphatic imine (C=N–C) groups is 1. The second-order valence-corrected chi connectivity index (χ2v) is 9.18. The number of hydrogen-bond acceptors (Lipinski definition) is 3. The summed E-state index contributed by atoms with van der Waals surface area (Å²) >= 11 is 3.63. The number of hydrogen-bond donors (Lipinski definition) is 2. The van der Waals surface area contributed by atoms with E-state index < -0.39 is 9.84 Å². The maximum absolute atomic E-state index is 11.5. The number of nitrogens with zero attached hydrogens (tertiary/aromatic N) is 1. The molecule has 1 aromatic carbocycles. The van der Waals surface area contributed by atoms with E-state index in [1.165, 1.54) is 5.56 Å². The molecule has 24 heavy (non-hydrogen) atoms. The number of rotatable bonds is 7. The molecule has 2 N–H and O–H groups in total. The van der Waals surface area contributed by atoms with Crippen molar-refractivity contribution < 1.29 is 8.42 Å². The molecule has 1 aromatic rings. The zero-order chi connectivity index (χ0) is 16.9. The molecular formula is C16H25BrIN3O2S. The van der Waals surface area contributed by atoms with Crippen molar-refractivity contribution in [1.29, 1.82) is 0 Å². The van der Waals surface area contributed by atoms with Gasteiger partial charge in [0.05, 0.1) is 5.75 Å². The predicted molar refractivity (Wildman–Crippen MR) is 114 cm³/mol. The Kier molecular flexibility index (Phi) is 8.47. The average molecular weight is 530 g/mol. The number of halogens is 2. The van der Waals surface area contributed by atoms with Crippen LogP contribution in [-0.2, 0) is 15.3 Å². The van der Waals surface area contributed by atoms with Crippen LogP contribution in [0.15, 0.2) is 33.7 Å². The zero-order valence-electron chi connectivity index (χ0n) is 14.0. The van der Waals surface area contributed by atoms with E-state index in [1.54, 1.807) is 14.0 Å². The maximum atomic E-state index is 11.5. The van der Waals surface area contributed by atoms with Crippen LogP contribution in [0.1, 0.15) is 25.3 Å². The van der Waals surface area contributed by atoms with Gasteiger partial charge in [-0.3, -0.25) is 4.99 Å². The molecule has 2 rings (SSSR count). The minimum atomic E-state index is -2.95. The molecule has 0 amide bonds. The Morgan fingerprint density at radius 1 is 1.29 bits per heavy atom. The standard InChI is InChI=1S/C16H24BrN3O2S.HI/c1-3-23(21,22)11-10-19-15(18-2)20-12-16(8-9-16)13-6-4-5-7-14(13)17;/h4-7H,3,8-12H2,1-2H3,(H2,18,19,20);1H. The van der Waals surface area contributed by atoms with E-state index in [4.69, 9.17) is 0 Å². The first kappa shape index (κ1) is 21.7. The van der Waals surface area contributed by atoms with Crippen LogP contribution in [0.5, 0.6) is 0 Å². The molecule has 1 fully saturated rings. The third-order valence-corrected chi connectivity index (χ3v) is 6.66. The van der Waals surface area contributed by atoms with Crippen molar-refractivity contribution in [3.8, 4) is 0 Å². The zero-order valence-corrected chi connectivity index (χ0v) is 18.7. The van der Waals surface area contributed by atoms with Gasteiger partial charge in [0, 0.05) is 35.8 Å².